The second-order valence-corrected chi connectivity index (χ2v) is 4.52. The zero-order valence-corrected chi connectivity index (χ0v) is 10.9. The molecule has 0 unspecified atom stereocenters. The van der Waals surface area contributed by atoms with E-state index in [1.807, 2.05) is 0 Å². The van der Waals surface area contributed by atoms with E-state index in [1.54, 1.807) is 11.9 Å². The monoisotopic (exact) mass is 244 g/mol. The van der Waals surface area contributed by atoms with Crippen LogP contribution in [0.3, 0.4) is 0 Å². The molecule has 0 aromatic heterocycles. The first kappa shape index (κ1) is 14.3. The molecule has 1 amide bonds. The Morgan fingerprint density at radius 2 is 2.12 bits per heavy atom. The van der Waals surface area contributed by atoms with E-state index in [2.05, 4.69) is 11.8 Å². The van der Waals surface area contributed by atoms with Gasteiger partial charge >= 0.3 is 6.09 Å². The molecule has 5 heteroatoms. The average Bonchev–Trinajstić information content (AvgIpc) is 2.36. The second-order valence-electron chi connectivity index (χ2n) is 4.52. The average molecular weight is 244 g/mol. The maximum Gasteiger partial charge on any atom is 0.409 e. The molecule has 0 radical (unpaired) electrons. The van der Waals surface area contributed by atoms with Gasteiger partial charge in [-0.15, -0.1) is 0 Å². The van der Waals surface area contributed by atoms with Gasteiger partial charge in [0.2, 0.25) is 0 Å². The van der Waals surface area contributed by atoms with Crippen LogP contribution in [-0.2, 0) is 4.74 Å². The van der Waals surface area contributed by atoms with Gasteiger partial charge in [-0.3, -0.25) is 0 Å². The lowest BCUT2D eigenvalue weighted by Gasteiger charge is -2.36. The standard InChI is InChI=1S/C12H24N2O3/c1-3-6-14-7-4-11(5-8-14)13(2)12(16)17-10-9-15/h11,15H,3-10H2,1-2H3. The van der Waals surface area contributed by atoms with Crippen LogP contribution >= 0.6 is 0 Å². The Bertz CT molecular complexity index is 228. The number of amides is 1. The highest BCUT2D eigenvalue weighted by molar-refractivity contribution is 5.67. The molecule has 0 aromatic rings. The predicted molar refractivity (Wildman–Crippen MR) is 65.9 cm³/mol. The highest BCUT2D eigenvalue weighted by Crippen LogP contribution is 2.16. The van der Waals surface area contributed by atoms with Crippen molar-refractivity contribution in [3.63, 3.8) is 0 Å². The molecule has 1 saturated heterocycles. The van der Waals surface area contributed by atoms with Crippen LogP contribution < -0.4 is 0 Å². The van der Waals surface area contributed by atoms with Crippen molar-refractivity contribution in [3.05, 3.63) is 0 Å². The molecule has 1 aliphatic rings. The number of carbonyl (C=O) groups is 1. The van der Waals surface area contributed by atoms with E-state index < -0.39 is 0 Å². The second kappa shape index (κ2) is 7.50. The molecule has 17 heavy (non-hydrogen) atoms. The van der Waals surface area contributed by atoms with Crippen LogP contribution in [0.2, 0.25) is 0 Å². The minimum atomic E-state index is -0.326. The van der Waals surface area contributed by atoms with Crippen LogP contribution in [0.5, 0.6) is 0 Å². The molecule has 100 valence electrons. The van der Waals surface area contributed by atoms with Crippen molar-refractivity contribution in [1.29, 1.82) is 0 Å². The van der Waals surface area contributed by atoms with Gasteiger partial charge in [-0.25, -0.2) is 4.79 Å². The number of likely N-dealkylation sites (tertiary alicyclic amines) is 1. The van der Waals surface area contributed by atoms with Crippen molar-refractivity contribution in [2.45, 2.75) is 32.2 Å². The van der Waals surface area contributed by atoms with Crippen LogP contribution in [0.4, 0.5) is 4.79 Å². The van der Waals surface area contributed by atoms with Crippen LogP contribution in [0.25, 0.3) is 0 Å². The smallest absolute Gasteiger partial charge is 0.409 e. The number of nitrogens with zero attached hydrogens (tertiary/aromatic N) is 2. The van der Waals surface area contributed by atoms with Crippen molar-refractivity contribution in [2.24, 2.45) is 0 Å². The lowest BCUT2D eigenvalue weighted by molar-refractivity contribution is 0.0652. The summed E-state index contributed by atoms with van der Waals surface area (Å²) >= 11 is 0. The number of aliphatic hydroxyl groups is 1. The fourth-order valence-corrected chi connectivity index (χ4v) is 2.23. The van der Waals surface area contributed by atoms with E-state index in [9.17, 15) is 4.79 Å². The van der Waals surface area contributed by atoms with Crippen molar-refractivity contribution in [3.8, 4) is 0 Å². The lowest BCUT2D eigenvalue weighted by Crippen LogP contribution is -2.46. The Balaban J connectivity index is 2.29. The first-order valence-corrected chi connectivity index (χ1v) is 6.41. The predicted octanol–water partition coefficient (Wildman–Crippen LogP) is 0.921. The molecule has 0 saturated carbocycles. The molecular formula is C12H24N2O3. The summed E-state index contributed by atoms with van der Waals surface area (Å²) in [5, 5.41) is 8.60. The Morgan fingerprint density at radius 3 is 2.65 bits per heavy atom. The zero-order chi connectivity index (χ0) is 12.7. The first-order chi connectivity index (χ1) is 8.19. The number of hydrogen-bond donors (Lipinski definition) is 1. The maximum absolute atomic E-state index is 11.6. The molecule has 0 bridgehead atoms. The zero-order valence-electron chi connectivity index (χ0n) is 10.9. The van der Waals surface area contributed by atoms with E-state index in [-0.39, 0.29) is 25.3 Å². The van der Waals surface area contributed by atoms with Crippen LogP contribution in [0.15, 0.2) is 0 Å². The van der Waals surface area contributed by atoms with Crippen molar-refractivity contribution in [1.82, 2.24) is 9.80 Å². The molecule has 0 atom stereocenters. The number of piperidine rings is 1. The Labute approximate surface area is 103 Å². The van der Waals surface area contributed by atoms with Gasteiger partial charge in [0.25, 0.3) is 0 Å². The van der Waals surface area contributed by atoms with Gasteiger partial charge in [0.15, 0.2) is 0 Å². The van der Waals surface area contributed by atoms with E-state index in [4.69, 9.17) is 9.84 Å². The van der Waals surface area contributed by atoms with E-state index in [1.165, 1.54) is 6.42 Å². The minimum absolute atomic E-state index is 0.0812. The highest BCUT2D eigenvalue weighted by atomic mass is 16.6. The fraction of sp³-hybridized carbons (Fsp3) is 0.917. The normalized spacial score (nSPS) is 18.1. The van der Waals surface area contributed by atoms with E-state index >= 15 is 0 Å². The van der Waals surface area contributed by atoms with Crippen LogP contribution in [0.1, 0.15) is 26.2 Å². The summed E-state index contributed by atoms with van der Waals surface area (Å²) in [5.74, 6) is 0. The van der Waals surface area contributed by atoms with Crippen molar-refractivity contribution >= 4 is 6.09 Å². The van der Waals surface area contributed by atoms with Gasteiger partial charge in [-0.1, -0.05) is 6.92 Å². The summed E-state index contributed by atoms with van der Waals surface area (Å²) in [7, 11) is 1.78. The summed E-state index contributed by atoms with van der Waals surface area (Å²) in [6, 6.07) is 0.272. The third-order valence-corrected chi connectivity index (χ3v) is 3.25. The molecule has 1 aliphatic heterocycles. The SMILES string of the molecule is CCCN1CCC(N(C)C(=O)OCCO)CC1. The van der Waals surface area contributed by atoms with E-state index in [0.717, 1.165) is 32.5 Å². The number of carbonyl (C=O) groups excluding carboxylic acids is 1. The molecule has 0 aromatic carbocycles. The number of hydrogen-bond acceptors (Lipinski definition) is 4. The first-order valence-electron chi connectivity index (χ1n) is 6.41. The van der Waals surface area contributed by atoms with Gasteiger partial charge in [-0.05, 0) is 25.8 Å². The largest absolute Gasteiger partial charge is 0.447 e. The van der Waals surface area contributed by atoms with Crippen molar-refractivity contribution in [2.75, 3.05) is 39.9 Å². The molecule has 0 aliphatic carbocycles. The van der Waals surface area contributed by atoms with Gasteiger partial charge < -0.3 is 19.6 Å². The minimum Gasteiger partial charge on any atom is -0.447 e. The molecule has 1 heterocycles. The summed E-state index contributed by atoms with van der Waals surface area (Å²) in [6.07, 6.45) is 2.86. The molecule has 1 N–H and O–H groups in total. The summed E-state index contributed by atoms with van der Waals surface area (Å²) < 4.78 is 4.90. The Kier molecular flexibility index (Phi) is 6.29. The van der Waals surface area contributed by atoms with Gasteiger partial charge in [-0.2, -0.15) is 0 Å². The number of aliphatic hydroxyl groups excluding tert-OH is 1. The Morgan fingerprint density at radius 1 is 1.47 bits per heavy atom. The van der Waals surface area contributed by atoms with Gasteiger partial charge in [0.1, 0.15) is 6.61 Å². The summed E-state index contributed by atoms with van der Waals surface area (Å²) in [4.78, 5) is 15.7. The van der Waals surface area contributed by atoms with Gasteiger partial charge in [0.05, 0.1) is 6.61 Å². The quantitative estimate of drug-likeness (QED) is 0.781. The number of ether oxygens (including phenoxy) is 1. The summed E-state index contributed by atoms with van der Waals surface area (Å²) in [5.41, 5.74) is 0. The number of rotatable bonds is 5. The molecule has 5 nitrogen and oxygen atoms in total. The Hall–Kier alpha value is -0.810. The van der Waals surface area contributed by atoms with E-state index in [0.29, 0.717) is 0 Å². The molecular weight excluding hydrogens is 220 g/mol. The highest BCUT2D eigenvalue weighted by Gasteiger charge is 2.25. The third kappa shape index (κ3) is 4.52. The maximum atomic E-state index is 11.6. The van der Waals surface area contributed by atoms with Crippen LogP contribution in [-0.4, -0.2) is 66.9 Å². The fourth-order valence-electron chi connectivity index (χ4n) is 2.23. The summed E-state index contributed by atoms with van der Waals surface area (Å²) in [6.45, 7) is 5.40. The lowest BCUT2D eigenvalue weighted by atomic mass is 10.0. The third-order valence-electron chi connectivity index (χ3n) is 3.25. The van der Waals surface area contributed by atoms with Crippen LogP contribution in [0, 0.1) is 0 Å². The molecule has 0 spiro atoms. The molecule has 1 fully saturated rings. The topological polar surface area (TPSA) is 53.0 Å². The van der Waals surface area contributed by atoms with Gasteiger partial charge in [0, 0.05) is 26.2 Å². The molecule has 1 rings (SSSR count). The van der Waals surface area contributed by atoms with Crippen molar-refractivity contribution < 1.29 is 14.6 Å².